The summed E-state index contributed by atoms with van der Waals surface area (Å²) >= 11 is 0. The largest absolute Gasteiger partial charge is 0.383 e. The van der Waals surface area contributed by atoms with Crippen molar-refractivity contribution in [3.63, 3.8) is 0 Å². The van der Waals surface area contributed by atoms with Crippen LogP contribution in [-0.2, 0) is 29.5 Å². The Labute approximate surface area is 123 Å². The SMILES string of the molecule is CCn1nc(N2CCn3ccnc3C2)c(S(C)(=O)=O)c1N. The van der Waals surface area contributed by atoms with E-state index in [1.54, 1.807) is 6.20 Å². The van der Waals surface area contributed by atoms with Crippen LogP contribution in [0.1, 0.15) is 12.7 Å². The molecule has 0 saturated heterocycles. The van der Waals surface area contributed by atoms with Gasteiger partial charge in [-0.15, -0.1) is 0 Å². The van der Waals surface area contributed by atoms with Crippen molar-refractivity contribution < 1.29 is 8.42 Å². The number of fused-ring (bicyclic) bond motifs is 1. The van der Waals surface area contributed by atoms with Crippen LogP contribution in [0.2, 0.25) is 0 Å². The molecular formula is C12H18N6O2S. The van der Waals surface area contributed by atoms with Gasteiger partial charge in [0.2, 0.25) is 0 Å². The number of nitrogens with zero attached hydrogens (tertiary/aromatic N) is 5. The average Bonchev–Trinajstić information content (AvgIpc) is 3.00. The van der Waals surface area contributed by atoms with Crippen molar-refractivity contribution in [1.29, 1.82) is 0 Å². The molecule has 0 saturated carbocycles. The number of imidazole rings is 1. The van der Waals surface area contributed by atoms with Gasteiger partial charge in [-0.05, 0) is 6.92 Å². The maximum atomic E-state index is 12.1. The van der Waals surface area contributed by atoms with E-state index in [-0.39, 0.29) is 10.7 Å². The summed E-state index contributed by atoms with van der Waals surface area (Å²) in [5.41, 5.74) is 5.96. The molecule has 0 unspecified atom stereocenters. The summed E-state index contributed by atoms with van der Waals surface area (Å²) in [6.07, 6.45) is 4.83. The minimum Gasteiger partial charge on any atom is -0.383 e. The zero-order chi connectivity index (χ0) is 15.2. The van der Waals surface area contributed by atoms with Crippen LogP contribution in [0.4, 0.5) is 11.6 Å². The van der Waals surface area contributed by atoms with E-state index >= 15 is 0 Å². The molecule has 0 spiro atoms. The molecule has 0 atom stereocenters. The number of rotatable bonds is 3. The number of hydrogen-bond donors (Lipinski definition) is 1. The fourth-order valence-corrected chi connectivity index (χ4v) is 3.59. The smallest absolute Gasteiger partial charge is 0.182 e. The molecule has 0 fully saturated rings. The summed E-state index contributed by atoms with van der Waals surface area (Å²) in [6.45, 7) is 4.35. The van der Waals surface area contributed by atoms with Gasteiger partial charge in [0.1, 0.15) is 11.6 Å². The van der Waals surface area contributed by atoms with Crippen molar-refractivity contribution in [1.82, 2.24) is 19.3 Å². The molecule has 2 N–H and O–H groups in total. The molecule has 9 heteroatoms. The highest BCUT2D eigenvalue weighted by Gasteiger charge is 2.29. The summed E-state index contributed by atoms with van der Waals surface area (Å²) in [4.78, 5) is 6.31. The Kier molecular flexibility index (Phi) is 3.16. The predicted molar refractivity (Wildman–Crippen MR) is 78.7 cm³/mol. The number of anilines is 2. The lowest BCUT2D eigenvalue weighted by Crippen LogP contribution is -2.34. The van der Waals surface area contributed by atoms with Gasteiger partial charge in [-0.1, -0.05) is 0 Å². The molecule has 1 aliphatic rings. The molecule has 3 rings (SSSR count). The van der Waals surface area contributed by atoms with Gasteiger partial charge in [-0.25, -0.2) is 18.1 Å². The molecule has 8 nitrogen and oxygen atoms in total. The zero-order valence-electron chi connectivity index (χ0n) is 12.0. The predicted octanol–water partition coefficient (Wildman–Crippen LogP) is 0.105. The van der Waals surface area contributed by atoms with E-state index in [0.29, 0.717) is 25.5 Å². The van der Waals surface area contributed by atoms with Gasteiger partial charge in [0.05, 0.1) is 6.54 Å². The number of nitrogens with two attached hydrogens (primary N) is 1. The lowest BCUT2D eigenvalue weighted by molar-refractivity contribution is 0.547. The number of aromatic nitrogens is 4. The third-order valence-corrected chi connectivity index (χ3v) is 4.78. The number of hydrogen-bond acceptors (Lipinski definition) is 6. The van der Waals surface area contributed by atoms with Gasteiger partial charge >= 0.3 is 0 Å². The lowest BCUT2D eigenvalue weighted by Gasteiger charge is -2.28. The van der Waals surface area contributed by atoms with Crippen molar-refractivity contribution in [2.75, 3.05) is 23.4 Å². The summed E-state index contributed by atoms with van der Waals surface area (Å²) in [6, 6.07) is 0. The van der Waals surface area contributed by atoms with E-state index in [1.807, 2.05) is 18.0 Å². The molecular weight excluding hydrogens is 292 g/mol. The molecule has 21 heavy (non-hydrogen) atoms. The van der Waals surface area contributed by atoms with Crippen LogP contribution in [0.15, 0.2) is 17.3 Å². The minimum absolute atomic E-state index is 0.115. The number of sulfone groups is 1. The van der Waals surface area contributed by atoms with E-state index in [0.717, 1.165) is 18.6 Å². The third kappa shape index (κ3) is 2.27. The fourth-order valence-electron chi connectivity index (χ4n) is 2.60. The van der Waals surface area contributed by atoms with Crippen molar-refractivity contribution in [2.24, 2.45) is 0 Å². The maximum absolute atomic E-state index is 12.1. The summed E-state index contributed by atoms with van der Waals surface area (Å²) in [5.74, 6) is 1.51. The Balaban J connectivity index is 2.07. The second-order valence-corrected chi connectivity index (χ2v) is 7.04. The van der Waals surface area contributed by atoms with Gasteiger partial charge in [0.15, 0.2) is 20.6 Å². The molecule has 0 bridgehead atoms. The highest BCUT2D eigenvalue weighted by atomic mass is 32.2. The van der Waals surface area contributed by atoms with Gasteiger partial charge in [0.25, 0.3) is 0 Å². The van der Waals surface area contributed by atoms with E-state index in [2.05, 4.69) is 14.6 Å². The Hall–Kier alpha value is -2.03. The Bertz CT molecular complexity index is 776. The Morgan fingerprint density at radius 3 is 2.81 bits per heavy atom. The van der Waals surface area contributed by atoms with E-state index in [9.17, 15) is 8.42 Å². The zero-order valence-corrected chi connectivity index (χ0v) is 12.8. The molecule has 0 aliphatic carbocycles. The molecule has 0 aromatic carbocycles. The van der Waals surface area contributed by atoms with Gasteiger partial charge in [-0.3, -0.25) is 0 Å². The minimum atomic E-state index is -3.44. The first kappa shape index (κ1) is 13.9. The lowest BCUT2D eigenvalue weighted by atomic mass is 10.3. The molecule has 2 aromatic rings. The first-order valence-electron chi connectivity index (χ1n) is 6.73. The van der Waals surface area contributed by atoms with Crippen LogP contribution in [0.5, 0.6) is 0 Å². The Morgan fingerprint density at radius 1 is 1.38 bits per heavy atom. The van der Waals surface area contributed by atoms with Crippen LogP contribution < -0.4 is 10.6 Å². The van der Waals surface area contributed by atoms with E-state index < -0.39 is 9.84 Å². The molecule has 2 aromatic heterocycles. The molecule has 114 valence electrons. The summed E-state index contributed by atoms with van der Waals surface area (Å²) in [5, 5.41) is 4.38. The maximum Gasteiger partial charge on any atom is 0.182 e. The van der Waals surface area contributed by atoms with Crippen molar-refractivity contribution in [2.45, 2.75) is 31.5 Å². The van der Waals surface area contributed by atoms with E-state index in [1.165, 1.54) is 4.68 Å². The van der Waals surface area contributed by atoms with Crippen molar-refractivity contribution >= 4 is 21.5 Å². The number of aryl methyl sites for hydroxylation is 1. The first-order valence-corrected chi connectivity index (χ1v) is 8.62. The summed E-state index contributed by atoms with van der Waals surface area (Å²) < 4.78 is 27.7. The van der Waals surface area contributed by atoms with Crippen LogP contribution in [0.3, 0.4) is 0 Å². The second kappa shape index (κ2) is 4.76. The van der Waals surface area contributed by atoms with Crippen LogP contribution in [-0.4, -0.2) is 40.5 Å². The van der Waals surface area contributed by atoms with Crippen molar-refractivity contribution in [3.8, 4) is 0 Å². The summed E-state index contributed by atoms with van der Waals surface area (Å²) in [7, 11) is -3.44. The normalized spacial score (nSPS) is 15.2. The van der Waals surface area contributed by atoms with E-state index in [4.69, 9.17) is 5.73 Å². The topological polar surface area (TPSA) is 99.0 Å². The third-order valence-electron chi connectivity index (χ3n) is 3.64. The monoisotopic (exact) mass is 310 g/mol. The average molecular weight is 310 g/mol. The Morgan fingerprint density at radius 2 is 2.14 bits per heavy atom. The molecule has 0 amide bonds. The molecule has 3 heterocycles. The number of nitrogen functional groups attached to an aromatic ring is 1. The second-order valence-electron chi connectivity index (χ2n) is 5.08. The highest BCUT2D eigenvalue weighted by molar-refractivity contribution is 7.91. The fraction of sp³-hybridized carbons (Fsp3) is 0.500. The first-order chi connectivity index (χ1) is 9.91. The van der Waals surface area contributed by atoms with Crippen LogP contribution in [0, 0.1) is 0 Å². The standard InChI is InChI=1S/C12H18N6O2S/c1-3-18-11(13)10(21(2,19)20)12(15-18)17-7-6-16-5-4-14-9(16)8-17/h4-5H,3,6-8,13H2,1-2H3. The van der Waals surface area contributed by atoms with Crippen LogP contribution >= 0.6 is 0 Å². The van der Waals surface area contributed by atoms with Gasteiger partial charge < -0.3 is 15.2 Å². The van der Waals surface area contributed by atoms with Crippen LogP contribution in [0.25, 0.3) is 0 Å². The van der Waals surface area contributed by atoms with Gasteiger partial charge in [0, 0.05) is 38.3 Å². The molecule has 1 aliphatic heterocycles. The van der Waals surface area contributed by atoms with Gasteiger partial charge in [-0.2, -0.15) is 5.10 Å². The van der Waals surface area contributed by atoms with Crippen molar-refractivity contribution in [3.05, 3.63) is 18.2 Å². The quantitative estimate of drug-likeness (QED) is 0.863. The highest BCUT2D eigenvalue weighted by Crippen LogP contribution is 2.31. The molecule has 0 radical (unpaired) electrons.